The third-order valence-corrected chi connectivity index (χ3v) is 5.16. The van der Waals surface area contributed by atoms with Crippen molar-refractivity contribution in [1.82, 2.24) is 19.9 Å². The number of benzene rings is 2. The lowest BCUT2D eigenvalue weighted by atomic mass is 10.0. The Morgan fingerprint density at radius 2 is 1.79 bits per heavy atom. The van der Waals surface area contributed by atoms with Gasteiger partial charge >= 0.3 is 6.09 Å². The van der Waals surface area contributed by atoms with E-state index < -0.39 is 11.7 Å². The predicted molar refractivity (Wildman–Crippen MR) is 127 cm³/mol. The van der Waals surface area contributed by atoms with E-state index in [4.69, 9.17) is 9.84 Å². The van der Waals surface area contributed by atoms with Crippen LogP contribution in [0.15, 0.2) is 60.8 Å². The molecule has 7 heteroatoms. The second-order valence-corrected chi connectivity index (χ2v) is 8.87. The monoisotopic (exact) mass is 442 g/mol. The van der Waals surface area contributed by atoms with Crippen LogP contribution < -0.4 is 5.32 Å². The molecule has 1 amide bonds. The summed E-state index contributed by atoms with van der Waals surface area (Å²) < 4.78 is 7.12. The molecule has 168 valence electrons. The van der Waals surface area contributed by atoms with E-state index in [1.54, 1.807) is 18.3 Å². The van der Waals surface area contributed by atoms with Gasteiger partial charge in [-0.15, -0.1) is 0 Å². The molecule has 1 N–H and O–H groups in total. The third kappa shape index (κ3) is 5.09. The number of ether oxygens (including phenoxy) is 1. The highest BCUT2D eigenvalue weighted by atomic mass is 16.6. The summed E-state index contributed by atoms with van der Waals surface area (Å²) in [6.07, 6.45) is 2.15. The molecule has 0 unspecified atom stereocenters. The molecule has 4 aromatic rings. The molecule has 0 bridgehead atoms. The van der Waals surface area contributed by atoms with Crippen LogP contribution in [-0.2, 0) is 11.3 Å². The SMILES string of the molecule is Cc1cc(-c2ccnc3cc(-c4ccc(C=O)cc4)nn23)ccc1CNC(=O)OC(C)(C)C. The minimum atomic E-state index is -0.533. The maximum Gasteiger partial charge on any atom is 0.407 e. The van der Waals surface area contributed by atoms with Crippen LogP contribution in [-0.4, -0.2) is 32.6 Å². The Bertz CT molecular complexity index is 1320. The maximum absolute atomic E-state index is 12.0. The number of aromatic nitrogens is 3. The molecule has 2 aromatic carbocycles. The number of aryl methyl sites for hydroxylation is 1. The summed E-state index contributed by atoms with van der Waals surface area (Å²) in [6, 6.07) is 17.2. The van der Waals surface area contributed by atoms with E-state index in [0.717, 1.165) is 45.6 Å². The van der Waals surface area contributed by atoms with Crippen molar-refractivity contribution in [3.05, 3.63) is 77.5 Å². The topological polar surface area (TPSA) is 85.6 Å². The molecule has 0 saturated heterocycles. The van der Waals surface area contributed by atoms with Gasteiger partial charge in [-0.1, -0.05) is 36.4 Å². The molecule has 0 aliphatic carbocycles. The van der Waals surface area contributed by atoms with Gasteiger partial charge in [0.1, 0.15) is 11.9 Å². The predicted octanol–water partition coefficient (Wildman–Crippen LogP) is 5.21. The van der Waals surface area contributed by atoms with Gasteiger partial charge in [-0.3, -0.25) is 4.79 Å². The first-order valence-electron chi connectivity index (χ1n) is 10.7. The molecule has 4 rings (SSSR count). The number of fused-ring (bicyclic) bond motifs is 1. The number of carbonyl (C=O) groups is 2. The number of hydrogen-bond acceptors (Lipinski definition) is 5. The zero-order chi connectivity index (χ0) is 23.6. The normalized spacial score (nSPS) is 11.4. The Labute approximate surface area is 192 Å². The van der Waals surface area contributed by atoms with Crippen LogP contribution in [0.1, 0.15) is 42.3 Å². The maximum atomic E-state index is 12.0. The highest BCUT2D eigenvalue weighted by Crippen LogP contribution is 2.26. The van der Waals surface area contributed by atoms with Gasteiger partial charge in [-0.05, 0) is 51.0 Å². The summed E-state index contributed by atoms with van der Waals surface area (Å²) in [6.45, 7) is 7.90. The number of amides is 1. The van der Waals surface area contributed by atoms with E-state index >= 15 is 0 Å². The van der Waals surface area contributed by atoms with Crippen molar-refractivity contribution < 1.29 is 14.3 Å². The van der Waals surface area contributed by atoms with Crippen LogP contribution >= 0.6 is 0 Å². The molecule has 0 radical (unpaired) electrons. The molecule has 0 fully saturated rings. The van der Waals surface area contributed by atoms with E-state index in [9.17, 15) is 9.59 Å². The van der Waals surface area contributed by atoms with Crippen LogP contribution in [0.3, 0.4) is 0 Å². The van der Waals surface area contributed by atoms with Gasteiger partial charge in [0.25, 0.3) is 0 Å². The molecule has 0 aliphatic heterocycles. The molecule has 0 atom stereocenters. The van der Waals surface area contributed by atoms with E-state index in [0.29, 0.717) is 12.1 Å². The number of alkyl carbamates (subject to hydrolysis) is 1. The number of hydrogen-bond donors (Lipinski definition) is 1. The molecular formula is C26H26N4O3. The largest absolute Gasteiger partial charge is 0.444 e. The smallest absolute Gasteiger partial charge is 0.407 e. The Morgan fingerprint density at radius 1 is 1.06 bits per heavy atom. The Morgan fingerprint density at radius 3 is 2.45 bits per heavy atom. The highest BCUT2D eigenvalue weighted by molar-refractivity contribution is 5.77. The molecule has 2 aromatic heterocycles. The lowest BCUT2D eigenvalue weighted by Gasteiger charge is -2.20. The van der Waals surface area contributed by atoms with Crippen LogP contribution in [0.2, 0.25) is 0 Å². The van der Waals surface area contributed by atoms with Crippen molar-refractivity contribution in [2.24, 2.45) is 0 Å². The minimum Gasteiger partial charge on any atom is -0.444 e. The van der Waals surface area contributed by atoms with Crippen LogP contribution in [0, 0.1) is 6.92 Å². The van der Waals surface area contributed by atoms with Gasteiger partial charge < -0.3 is 10.1 Å². The van der Waals surface area contributed by atoms with Crippen LogP contribution in [0.25, 0.3) is 28.2 Å². The molecule has 33 heavy (non-hydrogen) atoms. The van der Waals surface area contributed by atoms with Crippen molar-refractivity contribution in [3.8, 4) is 22.5 Å². The molecule has 2 heterocycles. The number of nitrogens with zero attached hydrogens (tertiary/aromatic N) is 3. The van der Waals surface area contributed by atoms with Gasteiger partial charge in [0, 0.05) is 35.5 Å². The fraction of sp³-hybridized carbons (Fsp3) is 0.231. The molecule has 0 spiro atoms. The molecule has 7 nitrogen and oxygen atoms in total. The number of rotatable bonds is 5. The van der Waals surface area contributed by atoms with E-state index in [-0.39, 0.29) is 0 Å². The van der Waals surface area contributed by atoms with E-state index in [1.165, 1.54) is 0 Å². The fourth-order valence-electron chi connectivity index (χ4n) is 3.52. The van der Waals surface area contributed by atoms with Gasteiger partial charge in [0.05, 0.1) is 11.4 Å². The minimum absolute atomic E-state index is 0.384. The summed E-state index contributed by atoms with van der Waals surface area (Å²) in [5, 5.41) is 7.56. The van der Waals surface area contributed by atoms with Crippen molar-refractivity contribution in [3.63, 3.8) is 0 Å². The first-order valence-corrected chi connectivity index (χ1v) is 10.7. The Hall–Kier alpha value is -4.00. The van der Waals surface area contributed by atoms with Crippen molar-refractivity contribution >= 4 is 18.0 Å². The summed E-state index contributed by atoms with van der Waals surface area (Å²) in [7, 11) is 0. The van der Waals surface area contributed by atoms with Crippen molar-refractivity contribution in [2.75, 3.05) is 0 Å². The van der Waals surface area contributed by atoms with Crippen molar-refractivity contribution in [2.45, 2.75) is 39.8 Å². The highest BCUT2D eigenvalue weighted by Gasteiger charge is 2.16. The van der Waals surface area contributed by atoms with Crippen molar-refractivity contribution in [1.29, 1.82) is 0 Å². The lowest BCUT2D eigenvalue weighted by Crippen LogP contribution is -2.32. The van der Waals surface area contributed by atoms with E-state index in [1.807, 2.05) is 68.6 Å². The number of aldehydes is 1. The van der Waals surface area contributed by atoms with Crippen LogP contribution in [0.5, 0.6) is 0 Å². The molecule has 0 saturated carbocycles. The van der Waals surface area contributed by atoms with Gasteiger partial charge in [-0.25, -0.2) is 14.3 Å². The summed E-state index contributed by atoms with van der Waals surface area (Å²) in [5.41, 5.74) is 6.47. The first kappa shape index (κ1) is 22.2. The second kappa shape index (κ2) is 8.86. The third-order valence-electron chi connectivity index (χ3n) is 5.16. The zero-order valence-electron chi connectivity index (χ0n) is 19.1. The average molecular weight is 443 g/mol. The van der Waals surface area contributed by atoms with E-state index in [2.05, 4.69) is 16.4 Å². The average Bonchev–Trinajstić information content (AvgIpc) is 3.21. The Balaban J connectivity index is 1.59. The summed E-state index contributed by atoms with van der Waals surface area (Å²) >= 11 is 0. The fourth-order valence-corrected chi connectivity index (χ4v) is 3.52. The van der Waals surface area contributed by atoms with Crippen LogP contribution in [0.4, 0.5) is 4.79 Å². The molecule has 0 aliphatic rings. The zero-order valence-corrected chi connectivity index (χ0v) is 19.1. The Kier molecular flexibility index (Phi) is 5.96. The van der Waals surface area contributed by atoms with Gasteiger partial charge in [0.2, 0.25) is 0 Å². The summed E-state index contributed by atoms with van der Waals surface area (Å²) in [5.74, 6) is 0. The quantitative estimate of drug-likeness (QED) is 0.429. The van der Waals surface area contributed by atoms with Gasteiger partial charge in [-0.2, -0.15) is 5.10 Å². The first-order chi connectivity index (χ1) is 15.7. The number of carbonyl (C=O) groups excluding carboxylic acids is 2. The molecular weight excluding hydrogens is 416 g/mol. The summed E-state index contributed by atoms with van der Waals surface area (Å²) in [4.78, 5) is 27.3. The number of nitrogens with one attached hydrogen (secondary N) is 1. The second-order valence-electron chi connectivity index (χ2n) is 8.87. The standard InChI is InChI=1S/C26H26N4O3/c1-17-13-20(9-10-21(17)15-28-25(32)33-26(2,3)4)23-11-12-27-24-14-22(29-30(23)24)19-7-5-18(16-31)6-8-19/h5-14,16H,15H2,1-4H3,(H,28,32). The van der Waals surface area contributed by atoms with Gasteiger partial charge in [0.15, 0.2) is 5.65 Å². The lowest BCUT2D eigenvalue weighted by molar-refractivity contribution is 0.0523.